The molecule has 1 aliphatic rings. The normalized spacial score (nSPS) is 17.5. The van der Waals surface area contributed by atoms with Gasteiger partial charge < -0.3 is 15.5 Å². The van der Waals surface area contributed by atoms with Crippen LogP contribution < -0.4 is 15.5 Å². The van der Waals surface area contributed by atoms with Crippen LogP contribution in [0.1, 0.15) is 26.1 Å². The first kappa shape index (κ1) is 19.2. The van der Waals surface area contributed by atoms with Gasteiger partial charge in [0.25, 0.3) is 0 Å². The largest absolute Gasteiger partial charge is 0.355 e. The SMILES string of the molecule is CCNC(=O)Nc1cc(N(C)[C@@H](C)C2C=CC(Cl)=CC2)nn2c(C)nnc12. The van der Waals surface area contributed by atoms with Crippen LogP contribution in [0, 0.1) is 12.8 Å². The van der Waals surface area contributed by atoms with Crippen LogP contribution in [0.15, 0.2) is 29.3 Å². The maximum absolute atomic E-state index is 12.0. The Morgan fingerprint density at radius 3 is 2.93 bits per heavy atom. The van der Waals surface area contributed by atoms with Crippen LogP contribution in [0.3, 0.4) is 0 Å². The molecule has 0 saturated carbocycles. The van der Waals surface area contributed by atoms with Crippen LogP contribution in [0.25, 0.3) is 5.65 Å². The Balaban J connectivity index is 1.92. The lowest BCUT2D eigenvalue weighted by Gasteiger charge is -2.32. The topological polar surface area (TPSA) is 87.5 Å². The Morgan fingerprint density at radius 2 is 2.26 bits per heavy atom. The number of aromatic nitrogens is 4. The minimum atomic E-state index is -0.289. The Labute approximate surface area is 163 Å². The molecular weight excluding hydrogens is 366 g/mol. The van der Waals surface area contributed by atoms with Crippen LogP contribution in [-0.4, -0.2) is 45.5 Å². The van der Waals surface area contributed by atoms with Gasteiger partial charge in [-0.15, -0.1) is 15.3 Å². The third-order valence-corrected chi connectivity index (χ3v) is 5.06. The number of carbonyl (C=O) groups excluding carboxylic acids is 1. The molecule has 0 saturated heterocycles. The molecule has 8 nitrogen and oxygen atoms in total. The maximum Gasteiger partial charge on any atom is 0.319 e. The average Bonchev–Trinajstić information content (AvgIpc) is 3.02. The fraction of sp³-hybridized carbons (Fsp3) is 0.444. The van der Waals surface area contributed by atoms with Crippen molar-refractivity contribution in [2.75, 3.05) is 23.8 Å². The number of amides is 2. The average molecular weight is 390 g/mol. The number of allylic oxidation sites excluding steroid dienone is 3. The van der Waals surface area contributed by atoms with Gasteiger partial charge in [-0.2, -0.15) is 4.52 Å². The molecule has 0 aromatic carbocycles. The van der Waals surface area contributed by atoms with Gasteiger partial charge >= 0.3 is 6.03 Å². The van der Waals surface area contributed by atoms with Crippen LogP contribution in [0.5, 0.6) is 0 Å². The number of aryl methyl sites for hydroxylation is 1. The molecule has 1 unspecified atom stereocenters. The van der Waals surface area contributed by atoms with Gasteiger partial charge in [-0.05, 0) is 33.3 Å². The number of rotatable bonds is 5. The molecule has 1 aliphatic carbocycles. The zero-order valence-electron chi connectivity index (χ0n) is 15.9. The van der Waals surface area contributed by atoms with Crippen molar-refractivity contribution in [3.05, 3.63) is 35.2 Å². The molecule has 0 spiro atoms. The number of halogens is 1. The summed E-state index contributed by atoms with van der Waals surface area (Å²) in [5, 5.41) is 19.2. The van der Waals surface area contributed by atoms with E-state index in [9.17, 15) is 4.79 Å². The van der Waals surface area contributed by atoms with Crippen LogP contribution in [0.4, 0.5) is 16.3 Å². The van der Waals surface area contributed by atoms with E-state index in [4.69, 9.17) is 11.6 Å². The molecule has 2 aromatic rings. The molecule has 27 heavy (non-hydrogen) atoms. The van der Waals surface area contributed by atoms with Crippen molar-refractivity contribution in [2.24, 2.45) is 5.92 Å². The molecule has 2 heterocycles. The third-order valence-electron chi connectivity index (χ3n) is 4.78. The minimum absolute atomic E-state index is 0.182. The van der Waals surface area contributed by atoms with E-state index in [2.05, 4.69) is 43.8 Å². The van der Waals surface area contributed by atoms with E-state index in [1.165, 1.54) is 0 Å². The summed E-state index contributed by atoms with van der Waals surface area (Å²) < 4.78 is 1.65. The van der Waals surface area contributed by atoms with Gasteiger partial charge in [0.15, 0.2) is 11.6 Å². The van der Waals surface area contributed by atoms with Gasteiger partial charge in [0.1, 0.15) is 0 Å². The first-order valence-electron chi connectivity index (χ1n) is 8.95. The molecule has 0 aliphatic heterocycles. The van der Waals surface area contributed by atoms with Crippen molar-refractivity contribution in [3.63, 3.8) is 0 Å². The monoisotopic (exact) mass is 389 g/mol. The number of hydrogen-bond acceptors (Lipinski definition) is 5. The summed E-state index contributed by atoms with van der Waals surface area (Å²) in [6, 6.07) is 1.72. The molecule has 3 rings (SSSR count). The van der Waals surface area contributed by atoms with Crippen molar-refractivity contribution in [1.29, 1.82) is 0 Å². The highest BCUT2D eigenvalue weighted by molar-refractivity contribution is 6.31. The molecule has 144 valence electrons. The van der Waals surface area contributed by atoms with E-state index in [1.807, 2.05) is 39.1 Å². The lowest BCUT2D eigenvalue weighted by molar-refractivity contribution is 0.252. The zero-order valence-corrected chi connectivity index (χ0v) is 16.7. The number of urea groups is 1. The van der Waals surface area contributed by atoms with Crippen molar-refractivity contribution < 1.29 is 4.79 Å². The van der Waals surface area contributed by atoms with E-state index in [0.29, 0.717) is 29.6 Å². The molecule has 0 fully saturated rings. The second kappa shape index (κ2) is 7.96. The van der Waals surface area contributed by atoms with Crippen LogP contribution in [-0.2, 0) is 0 Å². The number of anilines is 2. The Kier molecular flexibility index (Phi) is 5.65. The quantitative estimate of drug-likeness (QED) is 0.820. The highest BCUT2D eigenvalue weighted by atomic mass is 35.5. The smallest absolute Gasteiger partial charge is 0.319 e. The first-order valence-corrected chi connectivity index (χ1v) is 9.33. The summed E-state index contributed by atoms with van der Waals surface area (Å²) in [6.45, 7) is 6.37. The van der Waals surface area contributed by atoms with Crippen molar-refractivity contribution in [2.45, 2.75) is 33.2 Å². The summed E-state index contributed by atoms with van der Waals surface area (Å²) in [5.41, 5.74) is 1.07. The number of nitrogens with one attached hydrogen (secondary N) is 2. The number of fused-ring (bicyclic) bond motifs is 1. The van der Waals surface area contributed by atoms with Crippen molar-refractivity contribution in [1.82, 2.24) is 25.1 Å². The standard InChI is InChI=1S/C18H24ClN7O/c1-5-20-18(27)21-15-10-16(24-26-12(3)22-23-17(15)26)25(4)11(2)13-6-8-14(19)9-7-13/h6,8-11,13H,5,7H2,1-4H3,(H2,20,21,27)/t11-,13?/m0/s1. The Hall–Kier alpha value is -2.61. The summed E-state index contributed by atoms with van der Waals surface area (Å²) in [5.74, 6) is 1.69. The Bertz CT molecular complexity index is 904. The summed E-state index contributed by atoms with van der Waals surface area (Å²) in [7, 11) is 1.99. The lowest BCUT2D eigenvalue weighted by atomic mass is 9.93. The molecule has 2 aromatic heterocycles. The predicted molar refractivity (Wildman–Crippen MR) is 107 cm³/mol. The molecule has 2 amide bonds. The molecular formula is C18H24ClN7O. The molecule has 2 N–H and O–H groups in total. The predicted octanol–water partition coefficient (Wildman–Crippen LogP) is 3.10. The summed E-state index contributed by atoms with van der Waals surface area (Å²) in [6.07, 6.45) is 6.96. The summed E-state index contributed by atoms with van der Waals surface area (Å²) in [4.78, 5) is 14.1. The van der Waals surface area contributed by atoms with Crippen molar-refractivity contribution in [3.8, 4) is 0 Å². The van der Waals surface area contributed by atoms with E-state index in [-0.39, 0.29) is 12.1 Å². The van der Waals surface area contributed by atoms with Gasteiger partial charge in [0, 0.05) is 36.7 Å². The molecule has 9 heteroatoms. The van der Waals surface area contributed by atoms with Gasteiger partial charge in [-0.3, -0.25) is 0 Å². The third kappa shape index (κ3) is 4.05. The number of nitrogens with zero attached hydrogens (tertiary/aromatic N) is 5. The fourth-order valence-electron chi connectivity index (χ4n) is 3.03. The second-order valence-corrected chi connectivity index (χ2v) is 7.02. The van der Waals surface area contributed by atoms with Gasteiger partial charge in [0.2, 0.25) is 5.65 Å². The highest BCUT2D eigenvalue weighted by Gasteiger charge is 2.23. The number of carbonyl (C=O) groups is 1. The van der Waals surface area contributed by atoms with E-state index in [0.717, 1.165) is 17.3 Å². The molecule has 2 atom stereocenters. The second-order valence-electron chi connectivity index (χ2n) is 6.58. The fourth-order valence-corrected chi connectivity index (χ4v) is 3.19. The molecule has 0 bridgehead atoms. The maximum atomic E-state index is 12.0. The zero-order chi connectivity index (χ0) is 19.6. The van der Waals surface area contributed by atoms with Gasteiger partial charge in [0.05, 0.1) is 5.69 Å². The van der Waals surface area contributed by atoms with Gasteiger partial charge in [-0.1, -0.05) is 23.8 Å². The van der Waals surface area contributed by atoms with Crippen LogP contribution >= 0.6 is 11.6 Å². The van der Waals surface area contributed by atoms with Crippen LogP contribution in [0.2, 0.25) is 0 Å². The summed E-state index contributed by atoms with van der Waals surface area (Å²) >= 11 is 6.03. The minimum Gasteiger partial charge on any atom is -0.355 e. The Morgan fingerprint density at radius 1 is 1.48 bits per heavy atom. The van der Waals surface area contributed by atoms with E-state index in [1.54, 1.807) is 4.52 Å². The highest BCUT2D eigenvalue weighted by Crippen LogP contribution is 2.28. The lowest BCUT2D eigenvalue weighted by Crippen LogP contribution is -2.36. The molecule has 0 radical (unpaired) electrons. The van der Waals surface area contributed by atoms with E-state index < -0.39 is 0 Å². The first-order chi connectivity index (χ1) is 12.9. The van der Waals surface area contributed by atoms with E-state index >= 15 is 0 Å². The van der Waals surface area contributed by atoms with Crippen molar-refractivity contribution >= 4 is 34.8 Å². The number of hydrogen-bond donors (Lipinski definition) is 2. The van der Waals surface area contributed by atoms with Gasteiger partial charge in [-0.25, -0.2) is 4.79 Å².